The predicted octanol–water partition coefficient (Wildman–Crippen LogP) is 5.97. The van der Waals surface area contributed by atoms with Crippen LogP contribution in [0.2, 0.25) is 0 Å². The van der Waals surface area contributed by atoms with Gasteiger partial charge < -0.3 is 9.84 Å². The van der Waals surface area contributed by atoms with Gasteiger partial charge in [-0.15, -0.1) is 0 Å². The Hall–Kier alpha value is -0.290. The second-order valence-corrected chi connectivity index (χ2v) is 11.8. The van der Waals surface area contributed by atoms with Gasteiger partial charge >= 0.3 is 6.18 Å². The van der Waals surface area contributed by atoms with Crippen molar-refractivity contribution in [3.05, 3.63) is 0 Å². The summed E-state index contributed by atoms with van der Waals surface area (Å²) in [6, 6.07) is 0. The molecule has 29 heavy (non-hydrogen) atoms. The normalized spacial score (nSPS) is 55.6. The third kappa shape index (κ3) is 2.88. The molecule has 4 aliphatic carbocycles. The van der Waals surface area contributed by atoms with Crippen LogP contribution >= 0.6 is 0 Å². The highest BCUT2D eigenvalue weighted by Gasteiger charge is 2.65. The van der Waals surface area contributed by atoms with Crippen LogP contribution in [0.15, 0.2) is 0 Å². The molecule has 5 heteroatoms. The number of fused-ring (bicyclic) bond motifs is 5. The SMILES string of the molecule is C[C@H](C1CO1)[C@H]1CC[C@H]2[C@@H]3CC[C@@H]4C[C@@](O)(C(F)(F)F)CC[C@]4(C)[C@H]3CC[C@]12C. The van der Waals surface area contributed by atoms with Crippen LogP contribution in [-0.4, -0.2) is 29.6 Å². The third-order valence-electron chi connectivity index (χ3n) is 10.9. The molecular formula is C24H37F3O2. The molecule has 5 aliphatic rings. The zero-order valence-electron chi connectivity index (χ0n) is 18.1. The number of aliphatic hydroxyl groups is 1. The molecule has 4 saturated carbocycles. The van der Waals surface area contributed by atoms with Crippen molar-refractivity contribution in [1.82, 2.24) is 0 Å². The van der Waals surface area contributed by atoms with Gasteiger partial charge in [0, 0.05) is 0 Å². The Bertz CT molecular complexity index is 661. The van der Waals surface area contributed by atoms with E-state index >= 15 is 0 Å². The largest absolute Gasteiger partial charge is 0.417 e. The van der Waals surface area contributed by atoms with Crippen LogP contribution in [0, 0.1) is 46.3 Å². The summed E-state index contributed by atoms with van der Waals surface area (Å²) >= 11 is 0. The van der Waals surface area contributed by atoms with Gasteiger partial charge in [0.1, 0.15) is 0 Å². The lowest BCUT2D eigenvalue weighted by molar-refractivity contribution is -0.290. The fraction of sp³-hybridized carbons (Fsp3) is 1.00. The maximum atomic E-state index is 13.5. The van der Waals surface area contributed by atoms with E-state index in [2.05, 4.69) is 20.8 Å². The maximum absolute atomic E-state index is 13.5. The monoisotopic (exact) mass is 414 g/mol. The van der Waals surface area contributed by atoms with Gasteiger partial charge in [-0.2, -0.15) is 13.2 Å². The van der Waals surface area contributed by atoms with E-state index in [1.54, 1.807) is 0 Å². The summed E-state index contributed by atoms with van der Waals surface area (Å²) in [5.74, 6) is 3.27. The second kappa shape index (κ2) is 6.37. The van der Waals surface area contributed by atoms with Gasteiger partial charge in [-0.1, -0.05) is 20.8 Å². The van der Waals surface area contributed by atoms with Gasteiger partial charge in [0.2, 0.25) is 0 Å². The standard InChI is InChI=1S/C24H37F3O2/c1-14(20-13-29-20)17-6-7-18-16-5-4-15-12-23(28,24(25,26)27)11-10-21(15,2)19(16)8-9-22(17,18)3/h14-20,28H,4-13H2,1-3H3/t14-,15+,16-,17+,18-,19-,20?,21-,22+,23+/m0/s1. The molecule has 0 aromatic heterocycles. The van der Waals surface area contributed by atoms with E-state index in [1.165, 1.54) is 19.3 Å². The smallest absolute Gasteiger partial charge is 0.380 e. The first-order chi connectivity index (χ1) is 13.5. The summed E-state index contributed by atoms with van der Waals surface area (Å²) in [5, 5.41) is 10.4. The van der Waals surface area contributed by atoms with E-state index < -0.39 is 11.8 Å². The van der Waals surface area contributed by atoms with Crippen molar-refractivity contribution in [2.24, 2.45) is 46.3 Å². The van der Waals surface area contributed by atoms with E-state index in [4.69, 9.17) is 4.74 Å². The van der Waals surface area contributed by atoms with Crippen LogP contribution in [0.25, 0.3) is 0 Å². The van der Waals surface area contributed by atoms with Crippen LogP contribution < -0.4 is 0 Å². The maximum Gasteiger partial charge on any atom is 0.417 e. The molecule has 1 saturated heterocycles. The average molecular weight is 415 g/mol. The van der Waals surface area contributed by atoms with E-state index in [0.717, 1.165) is 31.8 Å². The minimum Gasteiger partial charge on any atom is -0.380 e. The fourth-order valence-electron chi connectivity index (χ4n) is 9.03. The van der Waals surface area contributed by atoms with Crippen molar-refractivity contribution >= 4 is 0 Å². The highest BCUT2D eigenvalue weighted by molar-refractivity contribution is 5.12. The molecule has 5 rings (SSSR count). The van der Waals surface area contributed by atoms with E-state index in [0.29, 0.717) is 41.6 Å². The molecular weight excluding hydrogens is 377 g/mol. The first-order valence-corrected chi connectivity index (χ1v) is 11.9. The summed E-state index contributed by atoms with van der Waals surface area (Å²) in [6.07, 6.45) is 3.13. The van der Waals surface area contributed by atoms with Gasteiger partial charge in [-0.05, 0) is 104 Å². The quantitative estimate of drug-likeness (QED) is 0.564. The first-order valence-electron chi connectivity index (χ1n) is 11.9. The highest BCUT2D eigenvalue weighted by atomic mass is 19.4. The predicted molar refractivity (Wildman–Crippen MR) is 105 cm³/mol. The molecule has 1 heterocycles. The Morgan fingerprint density at radius 1 is 0.931 bits per heavy atom. The Morgan fingerprint density at radius 3 is 2.28 bits per heavy atom. The number of ether oxygens (including phenoxy) is 1. The lowest BCUT2D eigenvalue weighted by Gasteiger charge is -2.62. The van der Waals surface area contributed by atoms with Crippen molar-refractivity contribution < 1.29 is 23.0 Å². The molecule has 0 spiro atoms. The summed E-state index contributed by atoms with van der Waals surface area (Å²) < 4.78 is 46.1. The summed E-state index contributed by atoms with van der Waals surface area (Å²) in [7, 11) is 0. The van der Waals surface area contributed by atoms with E-state index in [1.807, 2.05) is 0 Å². The zero-order chi connectivity index (χ0) is 20.8. The number of epoxide rings is 1. The van der Waals surface area contributed by atoms with Gasteiger partial charge in [-0.3, -0.25) is 0 Å². The second-order valence-electron chi connectivity index (χ2n) is 11.8. The minimum absolute atomic E-state index is 0.00414. The molecule has 0 amide bonds. The number of hydrogen-bond donors (Lipinski definition) is 1. The van der Waals surface area contributed by atoms with Gasteiger partial charge in [0.05, 0.1) is 12.7 Å². The van der Waals surface area contributed by atoms with Crippen LogP contribution in [0.5, 0.6) is 0 Å². The number of rotatable bonds is 2. The molecule has 166 valence electrons. The number of hydrogen-bond acceptors (Lipinski definition) is 2. The van der Waals surface area contributed by atoms with Crippen LogP contribution in [0.4, 0.5) is 13.2 Å². The lowest BCUT2D eigenvalue weighted by Crippen LogP contribution is -2.59. The highest BCUT2D eigenvalue weighted by Crippen LogP contribution is 2.69. The van der Waals surface area contributed by atoms with E-state index in [9.17, 15) is 18.3 Å². The third-order valence-corrected chi connectivity index (χ3v) is 10.9. The minimum atomic E-state index is -4.50. The fourth-order valence-corrected chi connectivity index (χ4v) is 9.03. The zero-order valence-corrected chi connectivity index (χ0v) is 18.1. The molecule has 2 nitrogen and oxygen atoms in total. The van der Waals surface area contributed by atoms with Crippen LogP contribution in [0.1, 0.15) is 78.6 Å². The van der Waals surface area contributed by atoms with Gasteiger partial charge in [-0.25, -0.2) is 0 Å². The average Bonchev–Trinajstić information content (AvgIpc) is 3.42. The van der Waals surface area contributed by atoms with Crippen molar-refractivity contribution in [3.8, 4) is 0 Å². The molecule has 5 fully saturated rings. The molecule has 1 unspecified atom stereocenters. The molecule has 0 aromatic carbocycles. The molecule has 1 aliphatic heterocycles. The molecule has 1 N–H and O–H groups in total. The van der Waals surface area contributed by atoms with Crippen molar-refractivity contribution in [2.75, 3.05) is 6.61 Å². The van der Waals surface area contributed by atoms with Gasteiger partial charge in [0.25, 0.3) is 0 Å². The summed E-state index contributed by atoms with van der Waals surface area (Å²) in [6.45, 7) is 8.08. The Balaban J connectivity index is 1.37. The summed E-state index contributed by atoms with van der Waals surface area (Å²) in [5.41, 5.74) is -2.13. The Labute approximate surface area is 173 Å². The van der Waals surface area contributed by atoms with Crippen LogP contribution in [0.3, 0.4) is 0 Å². The first kappa shape index (κ1) is 20.6. The topological polar surface area (TPSA) is 32.8 Å². The molecule has 0 bridgehead atoms. The molecule has 10 atom stereocenters. The summed E-state index contributed by atoms with van der Waals surface area (Å²) in [4.78, 5) is 0. The Morgan fingerprint density at radius 2 is 1.62 bits per heavy atom. The molecule has 0 aromatic rings. The lowest BCUT2D eigenvalue weighted by atomic mass is 9.43. The van der Waals surface area contributed by atoms with Crippen LogP contribution in [-0.2, 0) is 4.74 Å². The Kier molecular flexibility index (Phi) is 4.53. The van der Waals surface area contributed by atoms with Crippen molar-refractivity contribution in [1.29, 1.82) is 0 Å². The van der Waals surface area contributed by atoms with Crippen molar-refractivity contribution in [2.45, 2.75) is 96.4 Å². The van der Waals surface area contributed by atoms with Crippen molar-refractivity contribution in [3.63, 3.8) is 0 Å². The number of halogens is 3. The number of alkyl halides is 3. The van der Waals surface area contributed by atoms with E-state index in [-0.39, 0.29) is 24.2 Å². The molecule has 0 radical (unpaired) electrons. The van der Waals surface area contributed by atoms with Gasteiger partial charge in [0.15, 0.2) is 5.60 Å².